The number of carbonyl (C=O) groups excluding carboxylic acids is 2. The summed E-state index contributed by atoms with van der Waals surface area (Å²) in [7, 11) is -3.72. The zero-order valence-electron chi connectivity index (χ0n) is 16.4. The van der Waals surface area contributed by atoms with Gasteiger partial charge in [-0.2, -0.15) is 5.26 Å². The van der Waals surface area contributed by atoms with E-state index in [1.807, 2.05) is 6.07 Å². The predicted octanol–water partition coefficient (Wildman–Crippen LogP) is 1.91. The fraction of sp³-hybridized carbons (Fsp3) is 0.200. The number of nitrogens with zero attached hydrogens (tertiary/aromatic N) is 2. The smallest absolute Gasteiger partial charge is 0.331 e. The number of carbonyl (C=O) groups is 2. The Kier molecular flexibility index (Phi) is 6.94. The van der Waals surface area contributed by atoms with Crippen LogP contribution in [0.1, 0.15) is 12.5 Å². The lowest BCUT2D eigenvalue weighted by molar-refractivity contribution is -0.148. The standard InChI is InChI=1S/C20H18N4O5S2/c1-13(22-19-14-6-2-5-9-17(14)31(27,28)24-19)20(26)29-12-18(25)23-15-7-3-4-8-16(15)30-11-10-21/h2-9,13H,11-12H2,1H3,(H,22,24)(H,23,25)/t13-/m0/s1. The second-order valence-electron chi connectivity index (χ2n) is 6.35. The van der Waals surface area contributed by atoms with Gasteiger partial charge in [-0.3, -0.25) is 14.5 Å². The number of ether oxygens (including phenoxy) is 1. The summed E-state index contributed by atoms with van der Waals surface area (Å²) >= 11 is 1.27. The zero-order valence-corrected chi connectivity index (χ0v) is 18.0. The van der Waals surface area contributed by atoms with Gasteiger partial charge in [-0.15, -0.1) is 11.8 Å². The van der Waals surface area contributed by atoms with Crippen LogP contribution in [0.4, 0.5) is 5.69 Å². The van der Waals surface area contributed by atoms with Crippen molar-refractivity contribution in [2.75, 3.05) is 17.7 Å². The van der Waals surface area contributed by atoms with Crippen LogP contribution < -0.4 is 10.0 Å². The number of amidine groups is 1. The van der Waals surface area contributed by atoms with Crippen LogP contribution in [0.3, 0.4) is 0 Å². The van der Waals surface area contributed by atoms with Crippen LogP contribution in [0.25, 0.3) is 0 Å². The van der Waals surface area contributed by atoms with Gasteiger partial charge < -0.3 is 10.1 Å². The Balaban J connectivity index is 1.60. The van der Waals surface area contributed by atoms with E-state index in [-0.39, 0.29) is 16.5 Å². The molecular formula is C20H18N4O5S2. The number of para-hydroxylation sites is 1. The van der Waals surface area contributed by atoms with Gasteiger partial charge in [-0.05, 0) is 31.2 Å². The van der Waals surface area contributed by atoms with Crippen LogP contribution in [-0.2, 0) is 24.3 Å². The fourth-order valence-electron chi connectivity index (χ4n) is 2.73. The van der Waals surface area contributed by atoms with Crippen molar-refractivity contribution < 1.29 is 22.7 Å². The van der Waals surface area contributed by atoms with Crippen molar-refractivity contribution >= 4 is 45.2 Å². The lowest BCUT2D eigenvalue weighted by Gasteiger charge is -2.11. The average molecular weight is 459 g/mol. The Morgan fingerprint density at radius 1 is 1.23 bits per heavy atom. The third-order valence-electron chi connectivity index (χ3n) is 4.13. The Hall–Kier alpha value is -3.36. The maximum absolute atomic E-state index is 12.2. The summed E-state index contributed by atoms with van der Waals surface area (Å²) in [6.07, 6.45) is 0. The number of benzene rings is 2. The van der Waals surface area contributed by atoms with Crippen molar-refractivity contribution in [3.8, 4) is 6.07 Å². The molecule has 3 rings (SSSR count). The highest BCUT2D eigenvalue weighted by molar-refractivity contribution is 7.99. The number of amides is 1. The molecule has 0 aliphatic carbocycles. The lowest BCUT2D eigenvalue weighted by Crippen LogP contribution is -2.28. The minimum Gasteiger partial charge on any atom is -0.454 e. The van der Waals surface area contributed by atoms with E-state index in [1.165, 1.54) is 24.8 Å². The number of sulfonamides is 1. The van der Waals surface area contributed by atoms with Gasteiger partial charge >= 0.3 is 5.97 Å². The molecule has 160 valence electrons. The normalized spacial score (nSPS) is 15.9. The summed E-state index contributed by atoms with van der Waals surface area (Å²) in [5.41, 5.74) is 0.875. The molecule has 0 bridgehead atoms. The van der Waals surface area contributed by atoms with E-state index >= 15 is 0 Å². The molecule has 1 aliphatic heterocycles. The highest BCUT2D eigenvalue weighted by Gasteiger charge is 2.31. The molecule has 0 radical (unpaired) electrons. The predicted molar refractivity (Wildman–Crippen MR) is 115 cm³/mol. The van der Waals surface area contributed by atoms with Gasteiger partial charge in [0.05, 0.1) is 22.4 Å². The van der Waals surface area contributed by atoms with Gasteiger partial charge in [0.2, 0.25) is 0 Å². The van der Waals surface area contributed by atoms with E-state index in [9.17, 15) is 18.0 Å². The summed E-state index contributed by atoms with van der Waals surface area (Å²) in [5.74, 6) is -1.05. The number of esters is 1. The fourth-order valence-corrected chi connectivity index (χ4v) is 4.63. The summed E-state index contributed by atoms with van der Waals surface area (Å²) in [5, 5.41) is 11.4. The summed E-state index contributed by atoms with van der Waals surface area (Å²) in [6.45, 7) is 0.907. The minimum absolute atomic E-state index is 0.0490. The molecular weight excluding hydrogens is 440 g/mol. The molecule has 2 N–H and O–H groups in total. The van der Waals surface area contributed by atoms with Crippen molar-refractivity contribution in [2.24, 2.45) is 4.99 Å². The highest BCUT2D eigenvalue weighted by Crippen LogP contribution is 2.26. The van der Waals surface area contributed by atoms with Gasteiger partial charge in [0.25, 0.3) is 15.9 Å². The molecule has 31 heavy (non-hydrogen) atoms. The molecule has 0 spiro atoms. The minimum atomic E-state index is -3.72. The van der Waals surface area contributed by atoms with Crippen LogP contribution in [0.15, 0.2) is 63.3 Å². The number of nitriles is 1. The third-order valence-corrected chi connectivity index (χ3v) is 6.46. The average Bonchev–Trinajstić information content (AvgIpc) is 3.01. The molecule has 9 nitrogen and oxygen atoms in total. The number of rotatable bonds is 7. The van der Waals surface area contributed by atoms with Gasteiger partial charge in [0, 0.05) is 10.5 Å². The molecule has 0 fully saturated rings. The number of aliphatic imine (C=N–C) groups is 1. The van der Waals surface area contributed by atoms with Crippen molar-refractivity contribution in [2.45, 2.75) is 22.8 Å². The highest BCUT2D eigenvalue weighted by atomic mass is 32.2. The molecule has 2 aromatic carbocycles. The lowest BCUT2D eigenvalue weighted by atomic mass is 10.2. The number of hydrogen-bond acceptors (Lipinski definition) is 8. The maximum Gasteiger partial charge on any atom is 0.331 e. The van der Waals surface area contributed by atoms with Crippen LogP contribution >= 0.6 is 11.8 Å². The molecule has 0 saturated carbocycles. The molecule has 11 heteroatoms. The first-order valence-corrected chi connectivity index (χ1v) is 11.5. The summed E-state index contributed by atoms with van der Waals surface area (Å²) in [6, 6.07) is 14.2. The van der Waals surface area contributed by atoms with Crippen LogP contribution in [0.2, 0.25) is 0 Å². The summed E-state index contributed by atoms with van der Waals surface area (Å²) in [4.78, 5) is 29.3. The second kappa shape index (κ2) is 9.63. The maximum atomic E-state index is 12.2. The topological polar surface area (TPSA) is 138 Å². The number of hydrogen-bond donors (Lipinski definition) is 2. The molecule has 1 amide bonds. The molecule has 1 aliphatic rings. The molecule has 0 unspecified atom stereocenters. The van der Waals surface area contributed by atoms with Crippen LogP contribution in [0, 0.1) is 11.3 Å². The number of fused-ring (bicyclic) bond motifs is 1. The van der Waals surface area contributed by atoms with Crippen molar-refractivity contribution in [3.05, 3.63) is 54.1 Å². The largest absolute Gasteiger partial charge is 0.454 e. The molecule has 1 heterocycles. The number of nitrogens with one attached hydrogen (secondary N) is 2. The summed E-state index contributed by atoms with van der Waals surface area (Å²) < 4.78 is 31.6. The SMILES string of the molecule is C[C@H](N=C1NS(=O)(=O)c2ccccc21)C(=O)OCC(=O)Nc1ccccc1SCC#N. The van der Waals surface area contributed by atoms with Gasteiger partial charge in [-0.25, -0.2) is 13.2 Å². The molecule has 2 aromatic rings. The Labute approximate surface area is 183 Å². The van der Waals surface area contributed by atoms with Crippen LogP contribution in [0.5, 0.6) is 0 Å². The third kappa shape index (κ3) is 5.42. The van der Waals surface area contributed by atoms with Crippen molar-refractivity contribution in [1.29, 1.82) is 5.26 Å². The van der Waals surface area contributed by atoms with E-state index in [0.29, 0.717) is 11.3 Å². The van der Waals surface area contributed by atoms with Gasteiger partial charge in [-0.1, -0.05) is 24.3 Å². The zero-order chi connectivity index (χ0) is 22.4. The Bertz CT molecular complexity index is 1190. The van der Waals surface area contributed by atoms with Crippen molar-refractivity contribution in [3.63, 3.8) is 0 Å². The quantitative estimate of drug-likeness (QED) is 0.477. The second-order valence-corrected chi connectivity index (χ2v) is 9.02. The van der Waals surface area contributed by atoms with E-state index in [1.54, 1.807) is 42.5 Å². The monoisotopic (exact) mass is 458 g/mol. The van der Waals surface area contributed by atoms with E-state index in [0.717, 1.165) is 4.90 Å². The first-order valence-electron chi connectivity index (χ1n) is 9.07. The molecule has 1 atom stereocenters. The molecule has 0 aromatic heterocycles. The Morgan fingerprint density at radius 3 is 2.71 bits per heavy atom. The number of anilines is 1. The van der Waals surface area contributed by atoms with E-state index in [2.05, 4.69) is 15.0 Å². The van der Waals surface area contributed by atoms with Gasteiger partial charge in [0.1, 0.15) is 11.9 Å². The van der Waals surface area contributed by atoms with Crippen molar-refractivity contribution in [1.82, 2.24) is 4.72 Å². The first-order chi connectivity index (χ1) is 14.8. The first kappa shape index (κ1) is 22.3. The van der Waals surface area contributed by atoms with E-state index in [4.69, 9.17) is 10.00 Å². The van der Waals surface area contributed by atoms with E-state index < -0.39 is 34.5 Å². The van der Waals surface area contributed by atoms with Gasteiger partial charge in [0.15, 0.2) is 6.61 Å². The van der Waals surface area contributed by atoms with Crippen LogP contribution in [-0.4, -0.2) is 44.5 Å². The molecule has 0 saturated heterocycles. The number of thioether (sulfide) groups is 1. The Morgan fingerprint density at radius 2 is 1.94 bits per heavy atom.